The smallest absolute Gasteiger partial charge is 0.230 e. The summed E-state index contributed by atoms with van der Waals surface area (Å²) in [7, 11) is 0. The topological polar surface area (TPSA) is 29.1 Å². The Morgan fingerprint density at radius 3 is 2.48 bits per heavy atom. The van der Waals surface area contributed by atoms with E-state index in [2.05, 4.69) is 5.32 Å². The molecule has 0 unspecified atom stereocenters. The van der Waals surface area contributed by atoms with Crippen LogP contribution < -0.4 is 5.32 Å². The quantitative estimate of drug-likeness (QED) is 0.898. The van der Waals surface area contributed by atoms with Crippen LogP contribution in [0, 0.1) is 12.7 Å². The van der Waals surface area contributed by atoms with E-state index in [4.69, 9.17) is 0 Å². The van der Waals surface area contributed by atoms with Crippen molar-refractivity contribution in [3.8, 4) is 0 Å². The van der Waals surface area contributed by atoms with Crippen molar-refractivity contribution in [3.05, 3.63) is 71.0 Å². The predicted octanol–water partition coefficient (Wildman–Crippen LogP) is 4.26. The zero-order valence-corrected chi connectivity index (χ0v) is 13.4. The van der Waals surface area contributed by atoms with Gasteiger partial charge in [0, 0.05) is 6.54 Å². The molecule has 0 radical (unpaired) electrons. The van der Waals surface area contributed by atoms with Crippen LogP contribution in [-0.4, -0.2) is 5.91 Å². The van der Waals surface area contributed by atoms with Crippen molar-refractivity contribution in [2.75, 3.05) is 0 Å². The Balaban J connectivity index is 1.78. The minimum Gasteiger partial charge on any atom is -0.351 e. The van der Waals surface area contributed by atoms with Crippen LogP contribution in [0.25, 0.3) is 0 Å². The summed E-state index contributed by atoms with van der Waals surface area (Å²) in [5, 5.41) is 3.06. The van der Waals surface area contributed by atoms with Crippen molar-refractivity contribution in [1.82, 2.24) is 5.32 Å². The summed E-state index contributed by atoms with van der Waals surface area (Å²) in [6.07, 6.45) is 3.59. The Labute approximate surface area is 136 Å². The zero-order valence-electron chi connectivity index (χ0n) is 13.4. The molecular formula is C20H22FNO. The Morgan fingerprint density at radius 2 is 1.83 bits per heavy atom. The number of hydrogen-bond acceptors (Lipinski definition) is 1. The Kier molecular flexibility index (Phi) is 4.46. The lowest BCUT2D eigenvalue weighted by Gasteiger charge is -2.28. The van der Waals surface area contributed by atoms with Crippen molar-refractivity contribution in [2.45, 2.75) is 44.6 Å². The highest BCUT2D eigenvalue weighted by atomic mass is 19.1. The molecule has 3 rings (SSSR count). The van der Waals surface area contributed by atoms with Gasteiger partial charge in [-0.1, -0.05) is 54.8 Å². The van der Waals surface area contributed by atoms with Gasteiger partial charge in [0.15, 0.2) is 0 Å². The van der Waals surface area contributed by atoms with Gasteiger partial charge in [-0.15, -0.1) is 0 Å². The number of halogens is 1. The van der Waals surface area contributed by atoms with Crippen LogP contribution in [0.4, 0.5) is 4.39 Å². The van der Waals surface area contributed by atoms with E-state index in [1.54, 1.807) is 6.07 Å². The maximum atomic E-state index is 13.6. The van der Waals surface area contributed by atoms with E-state index in [1.807, 2.05) is 37.3 Å². The maximum Gasteiger partial charge on any atom is 0.230 e. The fraction of sp³-hybridized carbons (Fsp3) is 0.350. The summed E-state index contributed by atoms with van der Waals surface area (Å²) in [6, 6.07) is 14.6. The first kappa shape index (κ1) is 15.7. The average molecular weight is 311 g/mol. The van der Waals surface area contributed by atoms with E-state index in [-0.39, 0.29) is 11.7 Å². The van der Waals surface area contributed by atoms with Crippen LogP contribution in [0.15, 0.2) is 48.5 Å². The van der Waals surface area contributed by atoms with E-state index in [0.717, 1.165) is 36.8 Å². The Hall–Kier alpha value is -2.16. The number of nitrogens with one attached hydrogen (secondary N) is 1. The molecule has 23 heavy (non-hydrogen) atoms. The maximum absolute atomic E-state index is 13.6. The molecule has 0 heterocycles. The van der Waals surface area contributed by atoms with Gasteiger partial charge in [0.25, 0.3) is 0 Å². The fourth-order valence-corrected chi connectivity index (χ4v) is 3.47. The average Bonchev–Trinajstić information content (AvgIpc) is 3.05. The summed E-state index contributed by atoms with van der Waals surface area (Å²) >= 11 is 0. The lowest BCUT2D eigenvalue weighted by molar-refractivity contribution is -0.126. The van der Waals surface area contributed by atoms with Crippen LogP contribution >= 0.6 is 0 Å². The number of carbonyl (C=O) groups excluding carboxylic acids is 1. The number of carbonyl (C=O) groups is 1. The molecule has 2 aromatic carbocycles. The van der Waals surface area contributed by atoms with Crippen molar-refractivity contribution >= 4 is 5.91 Å². The largest absolute Gasteiger partial charge is 0.351 e. The SMILES string of the molecule is Cc1ccc(CNC(=O)C2(c3cccc(F)c3)CCCC2)cc1. The first-order valence-electron chi connectivity index (χ1n) is 8.20. The molecule has 0 bridgehead atoms. The van der Waals surface area contributed by atoms with Gasteiger partial charge in [-0.3, -0.25) is 4.79 Å². The second kappa shape index (κ2) is 6.53. The molecule has 1 aliphatic rings. The van der Waals surface area contributed by atoms with Crippen molar-refractivity contribution in [1.29, 1.82) is 0 Å². The Bertz CT molecular complexity index is 687. The third kappa shape index (κ3) is 3.29. The lowest BCUT2D eigenvalue weighted by Crippen LogP contribution is -2.42. The highest BCUT2D eigenvalue weighted by molar-refractivity contribution is 5.88. The predicted molar refractivity (Wildman–Crippen MR) is 89.6 cm³/mol. The molecule has 2 nitrogen and oxygen atoms in total. The molecule has 0 atom stereocenters. The molecule has 1 N–H and O–H groups in total. The molecule has 120 valence electrons. The standard InChI is InChI=1S/C20H22FNO/c1-15-7-9-16(10-8-15)14-22-19(23)20(11-2-3-12-20)17-5-4-6-18(21)13-17/h4-10,13H,2-3,11-12,14H2,1H3,(H,22,23). The number of hydrogen-bond donors (Lipinski definition) is 1. The van der Waals surface area contributed by atoms with Gasteiger partial charge in [-0.05, 0) is 43.0 Å². The molecule has 0 aliphatic heterocycles. The normalized spacial score (nSPS) is 16.3. The van der Waals surface area contributed by atoms with E-state index < -0.39 is 5.41 Å². The molecule has 1 saturated carbocycles. The summed E-state index contributed by atoms with van der Waals surface area (Å²) in [4.78, 5) is 12.9. The lowest BCUT2D eigenvalue weighted by atomic mass is 9.78. The fourth-order valence-electron chi connectivity index (χ4n) is 3.47. The molecule has 2 aromatic rings. The number of benzene rings is 2. The van der Waals surface area contributed by atoms with Crippen molar-refractivity contribution in [2.24, 2.45) is 0 Å². The number of rotatable bonds is 4. The zero-order chi connectivity index (χ0) is 16.3. The van der Waals surface area contributed by atoms with Crippen LogP contribution in [0.3, 0.4) is 0 Å². The second-order valence-corrected chi connectivity index (χ2v) is 6.47. The van der Waals surface area contributed by atoms with Gasteiger partial charge < -0.3 is 5.32 Å². The van der Waals surface area contributed by atoms with Crippen molar-refractivity contribution in [3.63, 3.8) is 0 Å². The Morgan fingerprint density at radius 1 is 1.13 bits per heavy atom. The van der Waals surface area contributed by atoms with Gasteiger partial charge >= 0.3 is 0 Å². The molecule has 1 fully saturated rings. The first-order chi connectivity index (χ1) is 11.1. The molecule has 0 aromatic heterocycles. The van der Waals surface area contributed by atoms with Gasteiger partial charge in [-0.25, -0.2) is 4.39 Å². The number of amides is 1. The first-order valence-corrected chi connectivity index (χ1v) is 8.20. The summed E-state index contributed by atoms with van der Waals surface area (Å²) in [5.41, 5.74) is 2.51. The minimum absolute atomic E-state index is 0.0150. The molecule has 0 saturated heterocycles. The highest BCUT2D eigenvalue weighted by Gasteiger charge is 2.42. The van der Waals surface area contributed by atoms with Crippen LogP contribution in [0.5, 0.6) is 0 Å². The minimum atomic E-state index is -0.577. The van der Waals surface area contributed by atoms with Crippen LogP contribution in [-0.2, 0) is 16.8 Å². The van der Waals surface area contributed by atoms with E-state index in [1.165, 1.54) is 17.7 Å². The monoisotopic (exact) mass is 311 g/mol. The molecule has 0 spiro atoms. The van der Waals surface area contributed by atoms with Gasteiger partial charge in [0.05, 0.1) is 5.41 Å². The summed E-state index contributed by atoms with van der Waals surface area (Å²) in [6.45, 7) is 2.55. The van der Waals surface area contributed by atoms with E-state index >= 15 is 0 Å². The van der Waals surface area contributed by atoms with E-state index in [9.17, 15) is 9.18 Å². The highest BCUT2D eigenvalue weighted by Crippen LogP contribution is 2.41. The van der Waals surface area contributed by atoms with Crippen molar-refractivity contribution < 1.29 is 9.18 Å². The molecule has 3 heteroatoms. The van der Waals surface area contributed by atoms with Crippen LogP contribution in [0.1, 0.15) is 42.4 Å². The van der Waals surface area contributed by atoms with Crippen LogP contribution in [0.2, 0.25) is 0 Å². The number of aryl methyl sites for hydroxylation is 1. The molecule has 1 aliphatic carbocycles. The third-order valence-electron chi connectivity index (χ3n) is 4.84. The molecular weight excluding hydrogens is 289 g/mol. The summed E-state index contributed by atoms with van der Waals surface area (Å²) < 4.78 is 13.6. The molecule has 1 amide bonds. The van der Waals surface area contributed by atoms with Gasteiger partial charge in [-0.2, -0.15) is 0 Å². The second-order valence-electron chi connectivity index (χ2n) is 6.47. The van der Waals surface area contributed by atoms with Gasteiger partial charge in [0.1, 0.15) is 5.82 Å². The van der Waals surface area contributed by atoms with Gasteiger partial charge in [0.2, 0.25) is 5.91 Å². The third-order valence-corrected chi connectivity index (χ3v) is 4.84. The summed E-state index contributed by atoms with van der Waals surface area (Å²) in [5.74, 6) is -0.263. The van der Waals surface area contributed by atoms with E-state index in [0.29, 0.717) is 6.54 Å².